The quantitative estimate of drug-likeness (QED) is 0.386. The van der Waals surface area contributed by atoms with Gasteiger partial charge in [-0.15, -0.1) is 0 Å². The highest BCUT2D eigenvalue weighted by molar-refractivity contribution is 5.82. The first-order valence-electron chi connectivity index (χ1n) is 13.6. The molecule has 196 valence electrons. The second kappa shape index (κ2) is 11.7. The molecule has 1 unspecified atom stereocenters. The smallest absolute Gasteiger partial charge is 0.331 e. The Bertz CT molecular complexity index is 1000. The number of quaternary nitrogens is 1. The molecule has 0 N–H and O–H groups in total. The van der Waals surface area contributed by atoms with Crippen molar-refractivity contribution >= 4 is 5.97 Å². The number of carbonyl (C=O) groups excluding carboxylic acids is 1. The van der Waals surface area contributed by atoms with Crippen molar-refractivity contribution in [3.8, 4) is 0 Å². The zero-order valence-electron chi connectivity index (χ0n) is 21.5. The molecule has 4 aliphatic rings. The van der Waals surface area contributed by atoms with Gasteiger partial charge in [-0.05, 0) is 56.1 Å². The largest absolute Gasteiger partial charge is 1.00 e. The van der Waals surface area contributed by atoms with E-state index in [2.05, 4.69) is 24.0 Å². The van der Waals surface area contributed by atoms with E-state index in [0.717, 1.165) is 87.0 Å². The number of halogens is 2. The van der Waals surface area contributed by atoms with Crippen LogP contribution in [0.5, 0.6) is 0 Å². The Morgan fingerprint density at radius 1 is 1.03 bits per heavy atom. The molecule has 36 heavy (non-hydrogen) atoms. The van der Waals surface area contributed by atoms with Crippen molar-refractivity contribution in [3.63, 3.8) is 0 Å². The molecule has 0 aromatic heterocycles. The molecular weight excluding hydrogens is 519 g/mol. The lowest BCUT2D eigenvalue weighted by Crippen LogP contribution is -3.00. The van der Waals surface area contributed by atoms with Gasteiger partial charge in [0.15, 0.2) is 6.10 Å². The van der Waals surface area contributed by atoms with Gasteiger partial charge in [0, 0.05) is 25.2 Å². The van der Waals surface area contributed by atoms with Crippen molar-refractivity contribution in [2.45, 2.75) is 63.5 Å². The third-order valence-electron chi connectivity index (χ3n) is 9.04. The number of rotatable bonds is 7. The van der Waals surface area contributed by atoms with Crippen LogP contribution in [0.15, 0.2) is 54.6 Å². The number of ether oxygens (including phenoxy) is 1. The predicted octanol–water partition coefficient (Wildman–Crippen LogP) is 2.32. The molecule has 0 aliphatic carbocycles. The fourth-order valence-corrected chi connectivity index (χ4v) is 6.69. The van der Waals surface area contributed by atoms with E-state index in [-0.39, 0.29) is 34.9 Å². The number of likely N-dealkylation sites (tertiary alicyclic amines) is 1. The summed E-state index contributed by atoms with van der Waals surface area (Å²) in [7, 11) is 0. The van der Waals surface area contributed by atoms with E-state index in [1.165, 1.54) is 18.9 Å². The fraction of sp³-hybridized carbons (Fsp3) is 0.567. The summed E-state index contributed by atoms with van der Waals surface area (Å²) < 4.78 is 21.1. The molecule has 2 bridgehead atoms. The lowest BCUT2D eigenvalue weighted by Gasteiger charge is -2.52. The van der Waals surface area contributed by atoms with E-state index in [1.807, 2.05) is 24.3 Å². The molecule has 2 aromatic rings. The Hall–Kier alpha value is -1.76. The van der Waals surface area contributed by atoms with E-state index in [9.17, 15) is 9.18 Å². The summed E-state index contributed by atoms with van der Waals surface area (Å²) in [6, 6.07) is 17.2. The third-order valence-corrected chi connectivity index (χ3v) is 9.04. The average Bonchev–Trinajstić information content (AvgIpc) is 3.18. The molecule has 0 saturated carbocycles. The maximum Gasteiger partial charge on any atom is 0.331 e. The van der Waals surface area contributed by atoms with Crippen LogP contribution in [-0.2, 0) is 21.5 Å². The zero-order chi connectivity index (χ0) is 24.3. The number of piperidine rings is 3. The van der Waals surface area contributed by atoms with Gasteiger partial charge in [0.2, 0.25) is 0 Å². The summed E-state index contributed by atoms with van der Waals surface area (Å²) in [6.45, 7) is 8.07. The molecule has 0 radical (unpaired) electrons. The van der Waals surface area contributed by atoms with Crippen LogP contribution >= 0.6 is 0 Å². The number of esters is 1. The van der Waals surface area contributed by atoms with E-state index < -0.39 is 5.54 Å². The monoisotopic (exact) mass is 558 g/mol. The SMILES string of the molecule is CC(C(=O)O[C@H]1C[N+]2(CCc3cccc(F)c3)CCC1CC2)(c1ccccc1)N1CCCCCC1.[Br-]. The van der Waals surface area contributed by atoms with Crippen LogP contribution < -0.4 is 17.0 Å². The van der Waals surface area contributed by atoms with Crippen molar-refractivity contribution < 1.29 is 35.4 Å². The van der Waals surface area contributed by atoms with Crippen LogP contribution in [0.25, 0.3) is 0 Å². The molecular formula is C30H40BrFN2O2. The van der Waals surface area contributed by atoms with Crippen LogP contribution in [0.2, 0.25) is 0 Å². The predicted molar refractivity (Wildman–Crippen MR) is 136 cm³/mol. The molecule has 0 spiro atoms. The maximum absolute atomic E-state index is 14.0. The second-order valence-electron chi connectivity index (χ2n) is 11.2. The Morgan fingerprint density at radius 3 is 2.39 bits per heavy atom. The van der Waals surface area contributed by atoms with Gasteiger partial charge in [-0.1, -0.05) is 55.3 Å². The molecule has 0 amide bonds. The van der Waals surface area contributed by atoms with Gasteiger partial charge in [0.1, 0.15) is 17.9 Å². The van der Waals surface area contributed by atoms with Gasteiger partial charge in [-0.25, -0.2) is 9.18 Å². The average molecular weight is 560 g/mol. The lowest BCUT2D eigenvalue weighted by atomic mass is 9.82. The van der Waals surface area contributed by atoms with Gasteiger partial charge < -0.3 is 26.2 Å². The summed E-state index contributed by atoms with van der Waals surface area (Å²) in [5, 5.41) is 0. The first-order chi connectivity index (χ1) is 17.0. The highest BCUT2D eigenvalue weighted by atomic mass is 79.9. The van der Waals surface area contributed by atoms with Gasteiger partial charge in [0.25, 0.3) is 0 Å². The topological polar surface area (TPSA) is 29.5 Å². The fourth-order valence-electron chi connectivity index (χ4n) is 6.69. The Labute approximate surface area is 226 Å². The van der Waals surface area contributed by atoms with Gasteiger partial charge in [-0.2, -0.15) is 0 Å². The summed E-state index contributed by atoms with van der Waals surface area (Å²) in [5.74, 6) is 0.199. The summed E-state index contributed by atoms with van der Waals surface area (Å²) in [6.07, 6.45) is 7.74. The molecule has 4 heterocycles. The molecule has 2 aromatic carbocycles. The first-order valence-corrected chi connectivity index (χ1v) is 13.6. The van der Waals surface area contributed by atoms with Gasteiger partial charge >= 0.3 is 5.97 Å². The maximum atomic E-state index is 14.0. The van der Waals surface area contributed by atoms with E-state index >= 15 is 0 Å². The molecule has 4 aliphatic heterocycles. The number of carbonyl (C=O) groups is 1. The summed E-state index contributed by atoms with van der Waals surface area (Å²) in [5.41, 5.74) is 1.32. The second-order valence-corrected chi connectivity index (χ2v) is 11.2. The molecule has 6 rings (SSSR count). The molecule has 4 saturated heterocycles. The normalized spacial score (nSPS) is 27.9. The van der Waals surface area contributed by atoms with Crippen LogP contribution in [0.3, 0.4) is 0 Å². The third kappa shape index (κ3) is 5.71. The van der Waals surface area contributed by atoms with E-state index in [1.54, 1.807) is 12.1 Å². The van der Waals surface area contributed by atoms with Crippen molar-refractivity contribution in [1.82, 2.24) is 4.90 Å². The minimum atomic E-state index is -0.760. The number of hydrogen-bond donors (Lipinski definition) is 0. The lowest BCUT2D eigenvalue weighted by molar-refractivity contribution is -0.946. The summed E-state index contributed by atoms with van der Waals surface area (Å²) in [4.78, 5) is 16.4. The molecule has 4 nitrogen and oxygen atoms in total. The minimum absolute atomic E-state index is 0. The highest BCUT2D eigenvalue weighted by Gasteiger charge is 2.50. The van der Waals surface area contributed by atoms with Crippen LogP contribution in [0.4, 0.5) is 4.39 Å². The van der Waals surface area contributed by atoms with E-state index in [4.69, 9.17) is 4.74 Å². The Kier molecular flexibility index (Phi) is 8.90. The molecule has 2 atom stereocenters. The van der Waals surface area contributed by atoms with Crippen LogP contribution in [-0.4, -0.2) is 60.7 Å². The zero-order valence-corrected chi connectivity index (χ0v) is 23.1. The van der Waals surface area contributed by atoms with Crippen molar-refractivity contribution in [2.24, 2.45) is 5.92 Å². The minimum Gasteiger partial charge on any atom is -1.00 e. The highest BCUT2D eigenvalue weighted by Crippen LogP contribution is 2.38. The number of nitrogens with zero attached hydrogens (tertiary/aromatic N) is 2. The first kappa shape index (κ1) is 27.3. The molecule has 6 heteroatoms. The summed E-state index contributed by atoms with van der Waals surface area (Å²) >= 11 is 0. The van der Waals surface area contributed by atoms with Gasteiger partial charge in [-0.3, -0.25) is 4.90 Å². The van der Waals surface area contributed by atoms with Crippen LogP contribution in [0, 0.1) is 11.7 Å². The van der Waals surface area contributed by atoms with Crippen molar-refractivity contribution in [1.29, 1.82) is 0 Å². The molecule has 4 fully saturated rings. The number of fused-ring (bicyclic) bond motifs is 3. The standard InChI is InChI=1S/C30H40FN2O2.BrH/c1-30(26-11-5-4-6-12-26,32-17-7-2-3-8-18-32)29(34)35-28-23-33(20-15-25(28)16-21-33)19-14-24-10-9-13-27(31)22-24;/h4-6,9-13,22,25,28H,2-3,7-8,14-21,23H2,1H3;1H/q+1;/p-1/t25?,28-,30?,33?;/m0./s1. The number of hydrogen-bond acceptors (Lipinski definition) is 3. The van der Waals surface area contributed by atoms with Gasteiger partial charge in [0.05, 0.1) is 19.6 Å². The van der Waals surface area contributed by atoms with Crippen molar-refractivity contribution in [3.05, 3.63) is 71.5 Å². The Balaban J connectivity index is 0.00000304. The van der Waals surface area contributed by atoms with E-state index in [0.29, 0.717) is 5.92 Å². The number of benzene rings is 2. The Morgan fingerprint density at radius 2 is 1.72 bits per heavy atom. The van der Waals surface area contributed by atoms with Crippen LogP contribution in [0.1, 0.15) is 56.6 Å². The van der Waals surface area contributed by atoms with Crippen molar-refractivity contribution in [2.75, 3.05) is 39.3 Å².